The van der Waals surface area contributed by atoms with Gasteiger partial charge in [0.25, 0.3) is 0 Å². The van der Waals surface area contributed by atoms with E-state index in [1.807, 2.05) is 5.33 Å². The number of rotatable bonds is 2. The van der Waals surface area contributed by atoms with E-state index in [2.05, 4.69) is 22.9 Å². The van der Waals surface area contributed by atoms with Gasteiger partial charge < -0.3 is 15.9 Å². The zero-order valence-corrected chi connectivity index (χ0v) is 7.96. The molecule has 0 aromatic rings. The van der Waals surface area contributed by atoms with Crippen LogP contribution in [0, 0.1) is 5.33 Å². The first-order chi connectivity index (χ1) is 2.41. The quantitative estimate of drug-likeness (QED) is 0.371. The fraction of sp³-hybridized carbons (Fsp3) is 0.750. The second kappa shape index (κ2) is 9.70. The van der Waals surface area contributed by atoms with Crippen LogP contribution in [0.15, 0.2) is 0 Å². The molecule has 0 aromatic heterocycles. The third kappa shape index (κ3) is 9.08. The van der Waals surface area contributed by atoms with E-state index in [-0.39, 0.29) is 29.6 Å². The van der Waals surface area contributed by atoms with E-state index in [9.17, 15) is 0 Å². The van der Waals surface area contributed by atoms with Crippen LogP contribution in [-0.4, -0.2) is 0 Å². The van der Waals surface area contributed by atoms with Crippen molar-refractivity contribution in [3.8, 4) is 0 Å². The molecule has 0 atom stereocenters. The Kier molecular flexibility index (Phi) is 16.9. The van der Waals surface area contributed by atoms with Gasteiger partial charge in [-0.05, 0) is 0 Å². The standard InChI is InChI=1S/C4H8Br.Na/c1-2-3-4-5;/h4H,2-3H2,1H3;/q-1;+1. The molecule has 0 amide bonds. The molecule has 0 radical (unpaired) electrons. The molecular formula is C4H8BrNa. The second-order valence-electron chi connectivity index (χ2n) is 0.943. The van der Waals surface area contributed by atoms with Crippen molar-refractivity contribution in [3.63, 3.8) is 0 Å². The van der Waals surface area contributed by atoms with Crippen molar-refractivity contribution in [3.05, 3.63) is 5.33 Å². The van der Waals surface area contributed by atoms with Gasteiger partial charge in [0, 0.05) is 0 Å². The number of hydrogen-bond donors (Lipinski definition) is 0. The van der Waals surface area contributed by atoms with Crippen LogP contribution >= 0.6 is 15.9 Å². The Hall–Kier alpha value is 1.48. The Labute approximate surface area is 70.1 Å². The van der Waals surface area contributed by atoms with E-state index in [4.69, 9.17) is 0 Å². The van der Waals surface area contributed by atoms with E-state index in [0.717, 1.165) is 0 Å². The molecule has 32 valence electrons. The number of hydrogen-bond acceptors (Lipinski definition) is 0. The van der Waals surface area contributed by atoms with Gasteiger partial charge in [-0.3, -0.25) is 5.33 Å². The summed E-state index contributed by atoms with van der Waals surface area (Å²) in [5.41, 5.74) is 0. The van der Waals surface area contributed by atoms with Gasteiger partial charge in [0.05, 0.1) is 0 Å². The van der Waals surface area contributed by atoms with Gasteiger partial charge in [-0.2, -0.15) is 6.42 Å². The predicted molar refractivity (Wildman–Crippen MR) is 28.1 cm³/mol. The molecule has 0 aliphatic carbocycles. The van der Waals surface area contributed by atoms with E-state index in [1.54, 1.807) is 0 Å². The Morgan fingerprint density at radius 1 is 1.67 bits per heavy atom. The van der Waals surface area contributed by atoms with E-state index < -0.39 is 0 Å². The summed E-state index contributed by atoms with van der Waals surface area (Å²) in [5, 5.41) is 1.99. The average Bonchev–Trinajstić information content (AvgIpc) is 1.41. The van der Waals surface area contributed by atoms with Crippen LogP contribution in [0.3, 0.4) is 0 Å². The third-order valence-corrected chi connectivity index (χ3v) is 0.856. The summed E-state index contributed by atoms with van der Waals surface area (Å²) in [7, 11) is 0. The number of unbranched alkanes of at least 4 members (excludes halogenated alkanes) is 1. The van der Waals surface area contributed by atoms with Crippen molar-refractivity contribution < 1.29 is 29.6 Å². The first-order valence-electron chi connectivity index (χ1n) is 1.83. The minimum absolute atomic E-state index is 0. The van der Waals surface area contributed by atoms with Crippen molar-refractivity contribution in [1.82, 2.24) is 0 Å². The van der Waals surface area contributed by atoms with Crippen molar-refractivity contribution in [2.45, 2.75) is 19.8 Å². The Balaban J connectivity index is 0. The molecule has 0 fully saturated rings. The summed E-state index contributed by atoms with van der Waals surface area (Å²) >= 11 is 3.18. The summed E-state index contributed by atoms with van der Waals surface area (Å²) in [6, 6.07) is 0. The fourth-order valence-electron chi connectivity index (χ4n) is 0.109. The molecular weight excluding hydrogens is 151 g/mol. The molecule has 0 aromatic carbocycles. The van der Waals surface area contributed by atoms with Crippen molar-refractivity contribution in [2.24, 2.45) is 0 Å². The molecule has 0 unspecified atom stereocenters. The maximum Gasteiger partial charge on any atom is 1.00 e. The minimum atomic E-state index is 0. The Morgan fingerprint density at radius 3 is 2.17 bits per heavy atom. The Bertz CT molecular complexity index is 15.0. The molecule has 0 aliphatic rings. The van der Waals surface area contributed by atoms with E-state index in [0.29, 0.717) is 0 Å². The van der Waals surface area contributed by atoms with Crippen LogP contribution in [0.4, 0.5) is 0 Å². The van der Waals surface area contributed by atoms with E-state index in [1.165, 1.54) is 12.8 Å². The zero-order valence-electron chi connectivity index (χ0n) is 4.37. The SMILES string of the molecule is CCC[CH-]Br.[Na+]. The van der Waals surface area contributed by atoms with Crippen LogP contribution < -0.4 is 29.6 Å². The van der Waals surface area contributed by atoms with Crippen LogP contribution in [-0.2, 0) is 0 Å². The predicted octanol–water partition coefficient (Wildman–Crippen LogP) is -0.653. The van der Waals surface area contributed by atoms with Crippen molar-refractivity contribution >= 4 is 15.9 Å². The molecule has 6 heavy (non-hydrogen) atoms. The average molecular weight is 159 g/mol. The first-order valence-corrected chi connectivity index (χ1v) is 2.75. The normalized spacial score (nSPS) is 7.00. The van der Waals surface area contributed by atoms with Crippen molar-refractivity contribution in [2.75, 3.05) is 0 Å². The van der Waals surface area contributed by atoms with Gasteiger partial charge in [0.1, 0.15) is 0 Å². The van der Waals surface area contributed by atoms with Crippen LogP contribution in [0.25, 0.3) is 0 Å². The molecule has 0 spiro atoms. The largest absolute Gasteiger partial charge is 1.00 e. The minimum Gasteiger partial charge on any atom is -0.320 e. The molecule has 0 nitrogen and oxygen atoms in total. The summed E-state index contributed by atoms with van der Waals surface area (Å²) in [5.74, 6) is 0. The van der Waals surface area contributed by atoms with Gasteiger partial charge >= 0.3 is 29.6 Å². The smallest absolute Gasteiger partial charge is 0.320 e. The molecule has 0 aliphatic heterocycles. The first kappa shape index (κ1) is 10.5. The maximum absolute atomic E-state index is 3.18. The van der Waals surface area contributed by atoms with Gasteiger partial charge in [0.2, 0.25) is 0 Å². The van der Waals surface area contributed by atoms with Gasteiger partial charge in [-0.15, -0.1) is 0 Å². The summed E-state index contributed by atoms with van der Waals surface area (Å²) in [4.78, 5) is 0. The summed E-state index contributed by atoms with van der Waals surface area (Å²) < 4.78 is 0. The Morgan fingerprint density at radius 2 is 2.17 bits per heavy atom. The summed E-state index contributed by atoms with van der Waals surface area (Å²) in [6.45, 7) is 2.15. The monoisotopic (exact) mass is 158 g/mol. The van der Waals surface area contributed by atoms with Crippen molar-refractivity contribution in [1.29, 1.82) is 0 Å². The zero-order chi connectivity index (χ0) is 4.12. The van der Waals surface area contributed by atoms with Crippen LogP contribution in [0.5, 0.6) is 0 Å². The van der Waals surface area contributed by atoms with E-state index >= 15 is 0 Å². The molecule has 0 bridgehead atoms. The van der Waals surface area contributed by atoms with Gasteiger partial charge in [0.15, 0.2) is 0 Å². The number of halogens is 1. The van der Waals surface area contributed by atoms with Crippen LogP contribution in [0.1, 0.15) is 19.8 Å². The molecule has 0 heterocycles. The molecule has 0 N–H and O–H groups in total. The van der Waals surface area contributed by atoms with Gasteiger partial charge in [-0.1, -0.05) is 13.3 Å². The molecule has 0 rings (SSSR count). The second-order valence-corrected chi connectivity index (χ2v) is 1.59. The summed E-state index contributed by atoms with van der Waals surface area (Å²) in [6.07, 6.45) is 2.42. The van der Waals surface area contributed by atoms with Crippen LogP contribution in [0.2, 0.25) is 0 Å². The molecule has 2 heteroatoms. The molecule has 0 saturated heterocycles. The maximum atomic E-state index is 3.18. The third-order valence-electron chi connectivity index (χ3n) is 0.398. The molecule has 0 saturated carbocycles. The topological polar surface area (TPSA) is 0 Å². The van der Waals surface area contributed by atoms with Gasteiger partial charge in [-0.25, -0.2) is 0 Å². The fourth-order valence-corrected chi connectivity index (χ4v) is 0.567.